The van der Waals surface area contributed by atoms with Crippen LogP contribution in [-0.4, -0.2) is 23.0 Å². The first-order valence-electron chi connectivity index (χ1n) is 5.96. The van der Waals surface area contributed by atoms with Gasteiger partial charge in [-0.3, -0.25) is 4.79 Å². The molecule has 0 aliphatic rings. The number of rotatable bonds is 3. The highest BCUT2D eigenvalue weighted by molar-refractivity contribution is 6.29. The molecule has 0 fully saturated rings. The van der Waals surface area contributed by atoms with Crippen LogP contribution in [0.15, 0.2) is 24.5 Å². The number of anilines is 1. The number of methoxy groups -OCH3 is 1. The lowest BCUT2D eigenvalue weighted by molar-refractivity contribution is 0.102. The van der Waals surface area contributed by atoms with E-state index in [1.165, 1.54) is 12.4 Å². The van der Waals surface area contributed by atoms with E-state index in [9.17, 15) is 4.79 Å². The van der Waals surface area contributed by atoms with E-state index in [4.69, 9.17) is 16.3 Å². The first-order valence-corrected chi connectivity index (χ1v) is 6.34. The summed E-state index contributed by atoms with van der Waals surface area (Å²) in [6.07, 6.45) is 2.66. The van der Waals surface area contributed by atoms with Crippen LogP contribution in [0.3, 0.4) is 0 Å². The quantitative estimate of drug-likeness (QED) is 0.944. The van der Waals surface area contributed by atoms with Crippen molar-refractivity contribution in [1.29, 1.82) is 0 Å². The zero-order chi connectivity index (χ0) is 14.7. The van der Waals surface area contributed by atoms with Crippen LogP contribution in [0.1, 0.15) is 21.6 Å². The first-order chi connectivity index (χ1) is 9.52. The number of hydrogen-bond donors (Lipinski definition) is 1. The van der Waals surface area contributed by atoms with Gasteiger partial charge in [-0.15, -0.1) is 0 Å². The molecule has 6 heteroatoms. The molecule has 0 saturated carbocycles. The summed E-state index contributed by atoms with van der Waals surface area (Å²) < 4.78 is 5.32. The van der Waals surface area contributed by atoms with Gasteiger partial charge in [0.1, 0.15) is 16.6 Å². The number of aromatic nitrogens is 2. The normalized spacial score (nSPS) is 10.2. The molecule has 0 unspecified atom stereocenters. The molecule has 20 heavy (non-hydrogen) atoms. The van der Waals surface area contributed by atoms with Crippen LogP contribution in [-0.2, 0) is 0 Å². The summed E-state index contributed by atoms with van der Waals surface area (Å²) in [5, 5.41) is 3.03. The molecule has 0 radical (unpaired) electrons. The van der Waals surface area contributed by atoms with E-state index in [-0.39, 0.29) is 16.8 Å². The number of halogens is 1. The maximum atomic E-state index is 12.1. The van der Waals surface area contributed by atoms with Gasteiger partial charge < -0.3 is 10.1 Å². The van der Waals surface area contributed by atoms with Crippen molar-refractivity contribution in [3.05, 3.63) is 46.5 Å². The van der Waals surface area contributed by atoms with Gasteiger partial charge in [-0.1, -0.05) is 17.7 Å². The lowest BCUT2D eigenvalue weighted by Crippen LogP contribution is -2.15. The molecule has 1 heterocycles. The smallest absolute Gasteiger partial charge is 0.275 e. The van der Waals surface area contributed by atoms with Gasteiger partial charge in [0, 0.05) is 11.3 Å². The lowest BCUT2D eigenvalue weighted by atomic mass is 10.1. The molecule has 0 bridgehead atoms. The monoisotopic (exact) mass is 291 g/mol. The third kappa shape index (κ3) is 2.88. The molecule has 0 saturated heterocycles. The maximum absolute atomic E-state index is 12.1. The van der Waals surface area contributed by atoms with Crippen molar-refractivity contribution in [3.63, 3.8) is 0 Å². The van der Waals surface area contributed by atoms with Gasteiger partial charge in [0.2, 0.25) is 0 Å². The van der Waals surface area contributed by atoms with Crippen LogP contribution in [0.2, 0.25) is 5.15 Å². The Morgan fingerprint density at radius 2 is 2.00 bits per heavy atom. The topological polar surface area (TPSA) is 64.1 Å². The second-order valence-electron chi connectivity index (χ2n) is 4.27. The Morgan fingerprint density at radius 1 is 1.25 bits per heavy atom. The molecule has 1 aromatic heterocycles. The highest BCUT2D eigenvalue weighted by Gasteiger charge is 2.13. The SMILES string of the molecule is COc1c(C)ccc(NC(=O)c2cnc(Cl)cn2)c1C. The van der Waals surface area contributed by atoms with Crippen molar-refractivity contribution in [2.75, 3.05) is 12.4 Å². The second-order valence-corrected chi connectivity index (χ2v) is 4.65. The number of nitrogens with zero attached hydrogens (tertiary/aromatic N) is 2. The summed E-state index contributed by atoms with van der Waals surface area (Å²) >= 11 is 5.64. The van der Waals surface area contributed by atoms with Crippen molar-refractivity contribution >= 4 is 23.2 Å². The van der Waals surface area contributed by atoms with Gasteiger partial charge in [-0.25, -0.2) is 9.97 Å². The minimum absolute atomic E-state index is 0.202. The van der Waals surface area contributed by atoms with E-state index in [1.54, 1.807) is 7.11 Å². The van der Waals surface area contributed by atoms with Crippen LogP contribution in [0.25, 0.3) is 0 Å². The Bertz CT molecular complexity index is 642. The predicted octanol–water partition coefficient (Wildman–Crippen LogP) is 3.01. The molecule has 2 rings (SSSR count). The van der Waals surface area contributed by atoms with Crippen LogP contribution in [0.5, 0.6) is 5.75 Å². The van der Waals surface area contributed by atoms with Crippen LogP contribution in [0.4, 0.5) is 5.69 Å². The molecular weight excluding hydrogens is 278 g/mol. The molecule has 1 aromatic carbocycles. The summed E-state index contributed by atoms with van der Waals surface area (Å²) in [4.78, 5) is 19.8. The number of carbonyl (C=O) groups excluding carboxylic acids is 1. The minimum Gasteiger partial charge on any atom is -0.496 e. The molecule has 2 aromatic rings. The fourth-order valence-corrected chi connectivity index (χ4v) is 1.99. The molecule has 1 amide bonds. The Morgan fingerprint density at radius 3 is 2.60 bits per heavy atom. The van der Waals surface area contributed by atoms with E-state index in [2.05, 4.69) is 15.3 Å². The summed E-state index contributed by atoms with van der Waals surface area (Å²) in [5.41, 5.74) is 2.75. The summed E-state index contributed by atoms with van der Waals surface area (Å²) in [5.74, 6) is 0.410. The number of aryl methyl sites for hydroxylation is 1. The third-order valence-corrected chi connectivity index (χ3v) is 3.10. The van der Waals surface area contributed by atoms with E-state index < -0.39 is 0 Å². The zero-order valence-electron chi connectivity index (χ0n) is 11.4. The first kappa shape index (κ1) is 14.3. The summed E-state index contributed by atoms with van der Waals surface area (Å²) in [6.45, 7) is 3.83. The van der Waals surface area contributed by atoms with Crippen molar-refractivity contribution in [1.82, 2.24) is 9.97 Å². The molecule has 104 valence electrons. The van der Waals surface area contributed by atoms with Crippen molar-refractivity contribution in [3.8, 4) is 5.75 Å². The molecule has 1 N–H and O–H groups in total. The summed E-state index contributed by atoms with van der Waals surface area (Å²) in [6, 6.07) is 3.71. The lowest BCUT2D eigenvalue weighted by Gasteiger charge is -2.13. The van der Waals surface area contributed by atoms with Gasteiger partial charge in [0.05, 0.1) is 19.5 Å². The van der Waals surface area contributed by atoms with E-state index in [0.29, 0.717) is 5.69 Å². The van der Waals surface area contributed by atoms with Crippen molar-refractivity contribution in [2.45, 2.75) is 13.8 Å². The van der Waals surface area contributed by atoms with E-state index >= 15 is 0 Å². The number of ether oxygens (including phenoxy) is 1. The van der Waals surface area contributed by atoms with Crippen LogP contribution < -0.4 is 10.1 Å². The highest BCUT2D eigenvalue weighted by atomic mass is 35.5. The van der Waals surface area contributed by atoms with Crippen LogP contribution in [0, 0.1) is 13.8 Å². The average molecular weight is 292 g/mol. The second kappa shape index (κ2) is 5.88. The number of benzene rings is 1. The Labute approximate surface area is 122 Å². The van der Waals surface area contributed by atoms with Gasteiger partial charge >= 0.3 is 0 Å². The van der Waals surface area contributed by atoms with Crippen molar-refractivity contribution in [2.24, 2.45) is 0 Å². The standard InChI is InChI=1S/C14H14ClN3O2/c1-8-4-5-10(9(2)13(8)20-3)18-14(19)11-6-17-12(15)7-16-11/h4-7H,1-3H3,(H,18,19). The Kier molecular flexibility index (Phi) is 4.20. The Balaban J connectivity index is 2.26. The third-order valence-electron chi connectivity index (χ3n) is 2.91. The number of carbonyl (C=O) groups is 1. The molecule has 5 nitrogen and oxygen atoms in total. The van der Waals surface area contributed by atoms with E-state index in [0.717, 1.165) is 16.9 Å². The maximum Gasteiger partial charge on any atom is 0.275 e. The van der Waals surface area contributed by atoms with E-state index in [1.807, 2.05) is 26.0 Å². The summed E-state index contributed by atoms with van der Waals surface area (Å²) in [7, 11) is 1.60. The number of hydrogen-bond acceptors (Lipinski definition) is 4. The Hall–Kier alpha value is -2.14. The average Bonchev–Trinajstić information content (AvgIpc) is 2.43. The number of nitrogens with one attached hydrogen (secondary N) is 1. The molecular formula is C14H14ClN3O2. The van der Waals surface area contributed by atoms with Gasteiger partial charge in [0.15, 0.2) is 0 Å². The molecule has 0 atom stereocenters. The largest absolute Gasteiger partial charge is 0.496 e. The number of amides is 1. The van der Waals surface area contributed by atoms with Crippen LogP contribution >= 0.6 is 11.6 Å². The predicted molar refractivity (Wildman–Crippen MR) is 77.5 cm³/mol. The van der Waals surface area contributed by atoms with Gasteiger partial charge in [-0.2, -0.15) is 0 Å². The van der Waals surface area contributed by atoms with Gasteiger partial charge in [-0.05, 0) is 25.5 Å². The molecule has 0 aliphatic heterocycles. The van der Waals surface area contributed by atoms with Gasteiger partial charge in [0.25, 0.3) is 5.91 Å². The highest BCUT2D eigenvalue weighted by Crippen LogP contribution is 2.29. The zero-order valence-corrected chi connectivity index (χ0v) is 12.2. The molecule has 0 spiro atoms. The molecule has 0 aliphatic carbocycles. The fraction of sp³-hybridized carbons (Fsp3) is 0.214. The minimum atomic E-state index is -0.344. The van der Waals surface area contributed by atoms with Crippen molar-refractivity contribution < 1.29 is 9.53 Å². The fourth-order valence-electron chi connectivity index (χ4n) is 1.89.